The largest absolute Gasteiger partial charge is 0.488 e. The number of primary amides is 2. The van der Waals surface area contributed by atoms with Gasteiger partial charge in [0, 0.05) is 123 Å². The number of nitrogens with two attached hydrogens (primary N) is 2. The molecule has 4 aromatic heterocycles. The number of nitriles is 1. The number of ether oxygens (including phenoxy) is 5. The first-order valence-corrected chi connectivity index (χ1v) is 27.9. The topological polar surface area (TPSA) is 299 Å². The lowest BCUT2D eigenvalue weighted by Gasteiger charge is -2.19. The summed E-state index contributed by atoms with van der Waals surface area (Å²) in [7, 11) is 0. The number of likely N-dealkylation sites (tertiary alicyclic amines) is 2. The summed E-state index contributed by atoms with van der Waals surface area (Å²) in [5, 5.41) is 50.7. The van der Waals surface area contributed by atoms with E-state index in [2.05, 4.69) is 31.4 Å². The number of rotatable bonds is 22. The first-order chi connectivity index (χ1) is 41.7. The van der Waals surface area contributed by atoms with Crippen LogP contribution in [0.5, 0.6) is 40.5 Å². The first kappa shape index (κ1) is 56.5. The SMILES string of the molecule is N#Cc1ccc2cc(OCC(=O)c3cn(CCN4C[C@H](O)[C@@H](O)C4)c4cc(Oc5cccnn5)cc(O[C@H]5CCN(CCn6cc(C(=O)COc7cc8ccc(Cl)cc8cc7C(N)=O)c7ccc(Oc8cccnn8)cc76)C5)c34)c(C(N)=O)cc2c1. The van der Waals surface area contributed by atoms with Crippen molar-refractivity contribution in [1.29, 1.82) is 5.26 Å². The van der Waals surface area contributed by atoms with Crippen LogP contribution in [0.1, 0.15) is 53.4 Å². The average Bonchev–Trinajstić information content (AvgIpc) is 3.31. The second kappa shape index (κ2) is 24.3. The number of aromatic nitrogens is 6. The highest BCUT2D eigenvalue weighted by Crippen LogP contribution is 2.39. The van der Waals surface area contributed by atoms with Crippen LogP contribution in [0.15, 0.2) is 140 Å². The smallest absolute Gasteiger partial charge is 0.252 e. The Hall–Kier alpha value is -10.0. The van der Waals surface area contributed by atoms with Crippen LogP contribution in [-0.2, 0) is 13.1 Å². The van der Waals surface area contributed by atoms with Crippen LogP contribution >= 0.6 is 11.6 Å². The molecule has 0 aliphatic carbocycles. The Labute approximate surface area is 495 Å². The molecule has 6 N–H and O–H groups in total. The molecule has 0 saturated carbocycles. The fourth-order valence-corrected chi connectivity index (χ4v) is 11.2. The molecule has 434 valence electrons. The van der Waals surface area contributed by atoms with Crippen LogP contribution < -0.4 is 35.2 Å². The molecule has 2 saturated heterocycles. The summed E-state index contributed by atoms with van der Waals surface area (Å²) >= 11 is 6.23. The first-order valence-electron chi connectivity index (χ1n) is 27.5. The number of β-amino-alcohol motifs (C(OH)–C–C–N with tert-alkyl or cyclic N) is 2. The van der Waals surface area contributed by atoms with Crippen molar-refractivity contribution < 1.29 is 53.1 Å². The molecule has 6 heterocycles. The molecule has 2 aliphatic heterocycles. The van der Waals surface area contributed by atoms with Crippen molar-refractivity contribution in [2.75, 3.05) is 52.5 Å². The van der Waals surface area contributed by atoms with Gasteiger partial charge in [-0.15, -0.1) is 10.2 Å². The van der Waals surface area contributed by atoms with Crippen LogP contribution in [0.25, 0.3) is 43.4 Å². The van der Waals surface area contributed by atoms with Crippen LogP contribution in [-0.4, -0.2) is 144 Å². The highest BCUT2D eigenvalue weighted by molar-refractivity contribution is 6.31. The van der Waals surface area contributed by atoms with Gasteiger partial charge in [0.2, 0.25) is 23.3 Å². The number of aliphatic hydroxyl groups is 2. The van der Waals surface area contributed by atoms with E-state index in [1.165, 1.54) is 12.3 Å². The Bertz CT molecular complexity index is 4320. The lowest BCUT2D eigenvalue weighted by molar-refractivity contribution is 0.0572. The van der Waals surface area contributed by atoms with E-state index in [0.29, 0.717) is 117 Å². The van der Waals surface area contributed by atoms with Crippen LogP contribution in [0.4, 0.5) is 0 Å². The molecular weight excluding hydrogens is 1120 g/mol. The highest BCUT2D eigenvalue weighted by Gasteiger charge is 2.31. The van der Waals surface area contributed by atoms with Crippen LogP contribution in [0.2, 0.25) is 5.02 Å². The van der Waals surface area contributed by atoms with Crippen LogP contribution in [0.3, 0.4) is 0 Å². The number of carbonyl (C=O) groups is 4. The lowest BCUT2D eigenvalue weighted by atomic mass is 10.0. The summed E-state index contributed by atoms with van der Waals surface area (Å²) in [6.45, 7) is 2.41. The molecule has 0 spiro atoms. The second-order valence-electron chi connectivity index (χ2n) is 21.0. The van der Waals surface area contributed by atoms with E-state index >= 15 is 0 Å². The van der Waals surface area contributed by atoms with Crippen molar-refractivity contribution in [1.82, 2.24) is 39.3 Å². The van der Waals surface area contributed by atoms with E-state index in [1.54, 1.807) is 122 Å². The zero-order valence-electron chi connectivity index (χ0n) is 45.9. The van der Waals surface area contributed by atoms with Crippen molar-refractivity contribution in [3.8, 4) is 46.6 Å². The number of benzene rings is 6. The fourth-order valence-electron chi connectivity index (χ4n) is 11.0. The van der Waals surface area contributed by atoms with E-state index in [4.69, 9.17) is 46.8 Å². The summed E-state index contributed by atoms with van der Waals surface area (Å²) in [5.74, 6) is -0.399. The van der Waals surface area contributed by atoms with Gasteiger partial charge in [-0.3, -0.25) is 29.0 Å². The van der Waals surface area contributed by atoms with Gasteiger partial charge in [-0.05, 0) is 101 Å². The number of hydrogen-bond donors (Lipinski definition) is 4. The zero-order valence-corrected chi connectivity index (χ0v) is 46.7. The predicted molar refractivity (Wildman–Crippen MR) is 316 cm³/mol. The molecule has 23 heteroatoms. The number of fused-ring (bicyclic) bond motifs is 4. The number of hydrogen-bond acceptors (Lipinski definition) is 18. The van der Waals surface area contributed by atoms with Gasteiger partial charge in [0.1, 0.15) is 34.9 Å². The summed E-state index contributed by atoms with van der Waals surface area (Å²) in [6, 6.07) is 34.3. The Morgan fingerprint density at radius 2 is 1.20 bits per heavy atom. The highest BCUT2D eigenvalue weighted by atomic mass is 35.5. The van der Waals surface area contributed by atoms with Gasteiger partial charge < -0.3 is 54.5 Å². The van der Waals surface area contributed by atoms with Gasteiger partial charge in [-0.1, -0.05) is 23.7 Å². The second-order valence-corrected chi connectivity index (χ2v) is 21.5. The maximum atomic E-state index is 14.8. The van der Waals surface area contributed by atoms with Crippen molar-refractivity contribution in [2.24, 2.45) is 11.5 Å². The normalized spacial score (nSPS) is 16.2. The Morgan fingerprint density at radius 3 is 1.84 bits per heavy atom. The molecule has 12 rings (SSSR count). The number of Topliss-reactive ketones (excluding diaryl/α,β-unsaturated/α-hetero) is 2. The Balaban J connectivity index is 0.826. The predicted octanol–water partition coefficient (Wildman–Crippen LogP) is 7.50. The molecule has 10 aromatic rings. The molecule has 0 radical (unpaired) electrons. The van der Waals surface area contributed by atoms with E-state index in [0.717, 1.165) is 5.39 Å². The molecule has 0 bridgehead atoms. The summed E-state index contributed by atoms with van der Waals surface area (Å²) in [4.78, 5) is 58.6. The Kier molecular flexibility index (Phi) is 15.9. The molecular formula is C63H54ClN11O11. The average molecular weight is 1180 g/mol. The van der Waals surface area contributed by atoms with Crippen molar-refractivity contribution in [2.45, 2.75) is 37.8 Å². The number of halogens is 1. The third-order valence-corrected chi connectivity index (χ3v) is 15.5. The maximum absolute atomic E-state index is 14.8. The molecule has 86 heavy (non-hydrogen) atoms. The molecule has 0 unspecified atom stereocenters. The standard InChI is InChI=1S/C63H54ClN11O11/c64-41-8-7-38-24-57(47(63(67)81)22-40(38)20-41)82-34-54(78)48-30-74(50-25-42(9-10-45(48)50)85-59-3-1-12-68-70-59)17-15-72-14-11-43(29-72)84-58-27-44(86-60-4-2-13-69-71-60)26-51-61(58)49(31-75(51)18-16-73-32-52(76)53(77)33-73)55(79)35-83-56-23-37-6-5-36(28-65)19-39(37)21-46(56)62(66)80/h1-10,12-13,19-27,30-31,43,52-53,76-77H,11,14-18,29,32-35H2,(H2,66,80)(H2,67,81)/t43-,52-,53-/m0/s1. The quantitative estimate of drug-likeness (QED) is 0.0477. The number of amides is 2. The molecule has 2 aliphatic rings. The maximum Gasteiger partial charge on any atom is 0.252 e. The summed E-state index contributed by atoms with van der Waals surface area (Å²) in [5.41, 5.74) is 14.0. The zero-order chi connectivity index (χ0) is 59.6. The minimum Gasteiger partial charge on any atom is -0.488 e. The molecule has 6 aromatic carbocycles. The molecule has 2 fully saturated rings. The number of aliphatic hydroxyl groups excluding tert-OH is 2. The Morgan fingerprint density at radius 1 is 0.605 bits per heavy atom. The van der Waals surface area contributed by atoms with Gasteiger partial charge in [0.05, 0.1) is 57.0 Å². The van der Waals surface area contributed by atoms with Crippen LogP contribution in [0, 0.1) is 11.3 Å². The van der Waals surface area contributed by atoms with Crippen molar-refractivity contribution >= 4 is 78.3 Å². The van der Waals surface area contributed by atoms with Gasteiger partial charge >= 0.3 is 0 Å². The van der Waals surface area contributed by atoms with Crippen molar-refractivity contribution in [3.05, 3.63) is 173 Å². The number of ketones is 2. The molecule has 3 atom stereocenters. The van der Waals surface area contributed by atoms with Gasteiger partial charge in [0.25, 0.3) is 11.8 Å². The monoisotopic (exact) mass is 1180 g/mol. The molecule has 2 amide bonds. The van der Waals surface area contributed by atoms with Crippen molar-refractivity contribution in [3.63, 3.8) is 0 Å². The van der Waals surface area contributed by atoms with E-state index in [1.807, 2.05) is 20.1 Å². The minimum absolute atomic E-state index is 0.0326. The fraction of sp³-hybridized carbons (Fsp3) is 0.222. The lowest BCUT2D eigenvalue weighted by Crippen LogP contribution is -2.28. The summed E-state index contributed by atoms with van der Waals surface area (Å²) < 4.78 is 35.5. The van der Waals surface area contributed by atoms with E-state index in [-0.39, 0.29) is 58.8 Å². The third-order valence-electron chi connectivity index (χ3n) is 15.3. The number of nitrogens with zero attached hydrogens (tertiary/aromatic N) is 9. The number of carbonyl (C=O) groups excluding carboxylic acids is 4. The minimum atomic E-state index is -0.903. The van der Waals surface area contributed by atoms with Gasteiger partial charge in [-0.25, -0.2) is 0 Å². The van der Waals surface area contributed by atoms with E-state index in [9.17, 15) is 34.7 Å². The van der Waals surface area contributed by atoms with Gasteiger partial charge in [-0.2, -0.15) is 15.5 Å². The van der Waals surface area contributed by atoms with E-state index < -0.39 is 49.1 Å². The third kappa shape index (κ3) is 12.2. The summed E-state index contributed by atoms with van der Waals surface area (Å²) in [6.07, 6.45) is 4.96. The van der Waals surface area contributed by atoms with Gasteiger partial charge in [0.15, 0.2) is 13.2 Å². The molecule has 22 nitrogen and oxygen atoms in total.